The molecule has 76 valence electrons. The van der Waals surface area contributed by atoms with Gasteiger partial charge < -0.3 is 0 Å². The molecular weight excluding hydrogens is 180 g/mol. The fraction of sp³-hybridized carbons (Fsp3) is 0.778. The van der Waals surface area contributed by atoms with Crippen molar-refractivity contribution in [3.8, 4) is 0 Å². The monoisotopic (exact) mass is 194 g/mol. The van der Waals surface area contributed by atoms with Crippen LogP contribution in [0, 0.1) is 12.8 Å². The molecule has 1 aromatic rings. The van der Waals surface area contributed by atoms with Gasteiger partial charge in [-0.1, -0.05) is 6.42 Å². The summed E-state index contributed by atoms with van der Waals surface area (Å²) in [5, 5.41) is 11.2. The molecule has 1 fully saturated rings. The van der Waals surface area contributed by atoms with E-state index >= 15 is 0 Å². The Morgan fingerprint density at radius 3 is 3.00 bits per heavy atom. The van der Waals surface area contributed by atoms with Crippen molar-refractivity contribution in [3.05, 3.63) is 5.82 Å². The summed E-state index contributed by atoms with van der Waals surface area (Å²) in [6, 6.07) is 0. The van der Waals surface area contributed by atoms with Gasteiger partial charge in [0.2, 0.25) is 0 Å². The topological polar surface area (TPSA) is 60.7 Å². The number of aromatic nitrogens is 4. The van der Waals surface area contributed by atoms with Crippen LogP contribution in [0.25, 0.3) is 0 Å². The number of hydrogen-bond acceptors (Lipinski definition) is 4. The van der Waals surface area contributed by atoms with Gasteiger partial charge in [0.05, 0.1) is 6.54 Å². The molecule has 0 saturated heterocycles. The zero-order valence-corrected chi connectivity index (χ0v) is 8.31. The third-order valence-electron chi connectivity index (χ3n) is 2.79. The lowest BCUT2D eigenvalue weighted by molar-refractivity contribution is -0.125. The van der Waals surface area contributed by atoms with Crippen LogP contribution in [0.5, 0.6) is 0 Å². The lowest BCUT2D eigenvalue weighted by atomic mass is 9.88. The lowest BCUT2D eigenvalue weighted by Crippen LogP contribution is -2.24. The molecule has 1 aliphatic rings. The van der Waals surface area contributed by atoms with E-state index in [4.69, 9.17) is 0 Å². The molecule has 0 spiro atoms. The van der Waals surface area contributed by atoms with Crippen molar-refractivity contribution < 1.29 is 4.79 Å². The average Bonchev–Trinajstić information content (AvgIpc) is 2.56. The molecule has 0 bridgehead atoms. The molecule has 2 rings (SSSR count). The zero-order chi connectivity index (χ0) is 9.97. The second-order valence-electron chi connectivity index (χ2n) is 3.82. The number of ketones is 1. The minimum absolute atomic E-state index is 0.131. The molecule has 1 heterocycles. The molecule has 1 aromatic heterocycles. The molecule has 1 atom stereocenters. The Labute approximate surface area is 82.5 Å². The van der Waals surface area contributed by atoms with Crippen LogP contribution in [-0.4, -0.2) is 26.0 Å². The quantitative estimate of drug-likeness (QED) is 0.696. The normalized spacial score (nSPS) is 22.6. The summed E-state index contributed by atoms with van der Waals surface area (Å²) in [5.41, 5.74) is 0. The Bertz CT molecular complexity index is 333. The Hall–Kier alpha value is -1.26. The first-order chi connectivity index (χ1) is 6.77. The Kier molecular flexibility index (Phi) is 2.56. The highest BCUT2D eigenvalue weighted by Crippen LogP contribution is 2.21. The van der Waals surface area contributed by atoms with E-state index in [1.807, 2.05) is 6.92 Å². The summed E-state index contributed by atoms with van der Waals surface area (Å²) in [4.78, 5) is 11.5. The summed E-state index contributed by atoms with van der Waals surface area (Å²) in [6.45, 7) is 2.50. The number of tetrazole rings is 1. The predicted octanol–water partition coefficient (Wildman–Crippen LogP) is 0.741. The van der Waals surface area contributed by atoms with E-state index in [0.29, 0.717) is 12.3 Å². The summed E-state index contributed by atoms with van der Waals surface area (Å²) in [6.07, 6.45) is 3.91. The minimum Gasteiger partial charge on any atom is -0.299 e. The highest BCUT2D eigenvalue weighted by atomic mass is 16.1. The van der Waals surface area contributed by atoms with Crippen LogP contribution in [0.4, 0.5) is 0 Å². The second-order valence-corrected chi connectivity index (χ2v) is 3.82. The Morgan fingerprint density at radius 1 is 1.50 bits per heavy atom. The Balaban J connectivity index is 2.03. The van der Waals surface area contributed by atoms with Crippen molar-refractivity contribution in [1.29, 1.82) is 0 Å². The first-order valence-electron chi connectivity index (χ1n) is 5.03. The number of aryl methyl sites for hydroxylation is 1. The van der Waals surface area contributed by atoms with Crippen molar-refractivity contribution >= 4 is 5.78 Å². The van der Waals surface area contributed by atoms with Crippen LogP contribution in [0.1, 0.15) is 31.5 Å². The molecule has 1 saturated carbocycles. The van der Waals surface area contributed by atoms with E-state index in [9.17, 15) is 4.79 Å². The van der Waals surface area contributed by atoms with Crippen LogP contribution in [0.15, 0.2) is 0 Å². The van der Waals surface area contributed by atoms with Gasteiger partial charge in [-0.2, -0.15) is 0 Å². The van der Waals surface area contributed by atoms with Crippen LogP contribution in [0.2, 0.25) is 0 Å². The molecule has 5 heteroatoms. The van der Waals surface area contributed by atoms with Crippen molar-refractivity contribution in [2.24, 2.45) is 5.92 Å². The van der Waals surface area contributed by atoms with Crippen LogP contribution in [0.3, 0.4) is 0 Å². The van der Waals surface area contributed by atoms with Gasteiger partial charge in [0.15, 0.2) is 0 Å². The largest absolute Gasteiger partial charge is 0.299 e. The third-order valence-corrected chi connectivity index (χ3v) is 2.79. The first kappa shape index (κ1) is 9.30. The van der Waals surface area contributed by atoms with Gasteiger partial charge in [-0.3, -0.25) is 4.79 Å². The predicted molar refractivity (Wildman–Crippen MR) is 49.5 cm³/mol. The van der Waals surface area contributed by atoms with Crippen LogP contribution in [-0.2, 0) is 11.3 Å². The van der Waals surface area contributed by atoms with E-state index in [0.717, 1.165) is 31.5 Å². The third kappa shape index (κ3) is 1.81. The SMILES string of the molecule is Cc1nnnn1CC1CCCCC1=O. The van der Waals surface area contributed by atoms with E-state index in [1.165, 1.54) is 0 Å². The van der Waals surface area contributed by atoms with Crippen molar-refractivity contribution in [3.63, 3.8) is 0 Å². The number of hydrogen-bond donors (Lipinski definition) is 0. The maximum Gasteiger partial charge on any atom is 0.148 e. The second kappa shape index (κ2) is 3.86. The summed E-state index contributed by atoms with van der Waals surface area (Å²) < 4.78 is 1.72. The fourth-order valence-electron chi connectivity index (χ4n) is 1.87. The summed E-state index contributed by atoms with van der Waals surface area (Å²) in [5.74, 6) is 1.28. The van der Waals surface area contributed by atoms with Gasteiger partial charge in [0, 0.05) is 12.3 Å². The molecule has 14 heavy (non-hydrogen) atoms. The average molecular weight is 194 g/mol. The molecule has 5 nitrogen and oxygen atoms in total. The van der Waals surface area contributed by atoms with E-state index < -0.39 is 0 Å². The van der Waals surface area contributed by atoms with Gasteiger partial charge in [0.25, 0.3) is 0 Å². The van der Waals surface area contributed by atoms with Gasteiger partial charge in [-0.25, -0.2) is 4.68 Å². The summed E-state index contributed by atoms with van der Waals surface area (Å²) in [7, 11) is 0. The molecular formula is C9H14N4O. The molecule has 0 radical (unpaired) electrons. The number of carbonyl (C=O) groups excluding carboxylic acids is 1. The fourth-order valence-corrected chi connectivity index (χ4v) is 1.87. The van der Waals surface area contributed by atoms with E-state index in [1.54, 1.807) is 4.68 Å². The van der Waals surface area contributed by atoms with Gasteiger partial charge in [0.1, 0.15) is 11.6 Å². The first-order valence-corrected chi connectivity index (χ1v) is 5.03. The minimum atomic E-state index is 0.131. The van der Waals surface area contributed by atoms with Crippen molar-refractivity contribution in [1.82, 2.24) is 20.2 Å². The van der Waals surface area contributed by atoms with Gasteiger partial charge in [-0.05, 0) is 30.2 Å². The standard InChI is InChI=1S/C9H14N4O/c1-7-10-11-12-13(7)6-8-4-2-3-5-9(8)14/h8H,2-6H2,1H3. The van der Waals surface area contributed by atoms with E-state index in [-0.39, 0.29) is 5.92 Å². The van der Waals surface area contributed by atoms with Crippen LogP contribution < -0.4 is 0 Å². The molecule has 1 unspecified atom stereocenters. The zero-order valence-electron chi connectivity index (χ0n) is 8.31. The maximum atomic E-state index is 11.5. The van der Waals surface area contributed by atoms with Crippen LogP contribution >= 0.6 is 0 Å². The van der Waals surface area contributed by atoms with E-state index in [2.05, 4.69) is 15.5 Å². The molecule has 0 aliphatic heterocycles. The highest BCUT2D eigenvalue weighted by Gasteiger charge is 2.23. The number of carbonyl (C=O) groups is 1. The molecule has 0 N–H and O–H groups in total. The molecule has 0 aromatic carbocycles. The number of nitrogens with zero attached hydrogens (tertiary/aromatic N) is 4. The lowest BCUT2D eigenvalue weighted by Gasteiger charge is -2.19. The number of rotatable bonds is 2. The van der Waals surface area contributed by atoms with Crippen molar-refractivity contribution in [2.75, 3.05) is 0 Å². The van der Waals surface area contributed by atoms with Crippen molar-refractivity contribution in [2.45, 2.75) is 39.2 Å². The smallest absolute Gasteiger partial charge is 0.148 e. The highest BCUT2D eigenvalue weighted by molar-refractivity contribution is 5.81. The Morgan fingerprint density at radius 2 is 2.36 bits per heavy atom. The number of Topliss-reactive ketones (excluding diaryl/α,β-unsaturated/α-hetero) is 1. The molecule has 1 aliphatic carbocycles. The summed E-state index contributed by atoms with van der Waals surface area (Å²) >= 11 is 0. The van der Waals surface area contributed by atoms with Gasteiger partial charge >= 0.3 is 0 Å². The molecule has 0 amide bonds. The maximum absolute atomic E-state index is 11.5. The van der Waals surface area contributed by atoms with Gasteiger partial charge in [-0.15, -0.1) is 5.10 Å².